The van der Waals surface area contributed by atoms with Crippen molar-refractivity contribution in [1.82, 2.24) is 15.0 Å². The lowest BCUT2D eigenvalue weighted by atomic mass is 10.0. The lowest BCUT2D eigenvalue weighted by molar-refractivity contribution is 1.07. The van der Waals surface area contributed by atoms with Gasteiger partial charge in [-0.2, -0.15) is 0 Å². The van der Waals surface area contributed by atoms with E-state index in [1.54, 1.807) is 6.08 Å². The Balaban J connectivity index is 1.65. The summed E-state index contributed by atoms with van der Waals surface area (Å²) in [6, 6.07) is 35.0. The Labute approximate surface area is 218 Å². The SMILES string of the molecule is C=C/C=C\C(=C)c1cccc(-c2nc(-c3cccc(C)c3)nc(-c3cccc(-c4ccccc4)c3)n2)c1. The average molecular weight is 478 g/mol. The minimum Gasteiger partial charge on any atom is -0.208 e. The van der Waals surface area contributed by atoms with Gasteiger partial charge in [0.25, 0.3) is 0 Å². The molecule has 178 valence electrons. The molecule has 5 aromatic rings. The summed E-state index contributed by atoms with van der Waals surface area (Å²) < 4.78 is 0. The molecule has 1 heterocycles. The molecule has 0 bridgehead atoms. The quantitative estimate of drug-likeness (QED) is 0.220. The highest BCUT2D eigenvalue weighted by Gasteiger charge is 2.13. The second-order valence-electron chi connectivity index (χ2n) is 8.82. The van der Waals surface area contributed by atoms with Crippen molar-refractivity contribution in [3.63, 3.8) is 0 Å². The van der Waals surface area contributed by atoms with Crippen molar-refractivity contribution in [3.05, 3.63) is 146 Å². The summed E-state index contributed by atoms with van der Waals surface area (Å²) in [6.45, 7) is 10.0. The number of hydrogen-bond acceptors (Lipinski definition) is 3. The number of benzene rings is 4. The second-order valence-corrected chi connectivity index (χ2v) is 8.82. The summed E-state index contributed by atoms with van der Waals surface area (Å²) in [5.74, 6) is 1.90. The van der Waals surface area contributed by atoms with Crippen LogP contribution in [0.2, 0.25) is 0 Å². The molecule has 0 aliphatic rings. The molecule has 3 nitrogen and oxygen atoms in total. The van der Waals surface area contributed by atoms with E-state index in [-0.39, 0.29) is 0 Å². The molecular formula is C34H27N3. The number of nitrogens with zero attached hydrogens (tertiary/aromatic N) is 3. The molecule has 0 fully saturated rings. The summed E-state index contributed by atoms with van der Waals surface area (Å²) in [7, 11) is 0. The normalized spacial score (nSPS) is 10.9. The molecule has 1 aromatic heterocycles. The van der Waals surface area contributed by atoms with Crippen LogP contribution in [0.25, 0.3) is 50.9 Å². The number of hydrogen-bond donors (Lipinski definition) is 0. The zero-order valence-electron chi connectivity index (χ0n) is 20.8. The van der Waals surface area contributed by atoms with Crippen LogP contribution in [0.5, 0.6) is 0 Å². The Kier molecular flexibility index (Phi) is 6.95. The van der Waals surface area contributed by atoms with Crippen LogP contribution in [0.3, 0.4) is 0 Å². The lowest BCUT2D eigenvalue weighted by Crippen LogP contribution is -2.00. The van der Waals surface area contributed by atoms with Crippen LogP contribution in [0.15, 0.2) is 135 Å². The smallest absolute Gasteiger partial charge is 0.164 e. The van der Waals surface area contributed by atoms with Gasteiger partial charge in [-0.1, -0.05) is 122 Å². The van der Waals surface area contributed by atoms with E-state index < -0.39 is 0 Å². The van der Waals surface area contributed by atoms with E-state index in [2.05, 4.69) is 62.5 Å². The van der Waals surface area contributed by atoms with Crippen molar-refractivity contribution in [2.75, 3.05) is 0 Å². The van der Waals surface area contributed by atoms with Gasteiger partial charge in [0.2, 0.25) is 0 Å². The van der Waals surface area contributed by atoms with Crippen molar-refractivity contribution >= 4 is 5.57 Å². The van der Waals surface area contributed by atoms with Gasteiger partial charge in [-0.25, -0.2) is 15.0 Å². The van der Waals surface area contributed by atoms with Crippen molar-refractivity contribution in [1.29, 1.82) is 0 Å². The molecule has 0 spiro atoms. The lowest BCUT2D eigenvalue weighted by Gasteiger charge is -2.11. The molecule has 0 saturated heterocycles. The van der Waals surface area contributed by atoms with E-state index in [4.69, 9.17) is 15.0 Å². The van der Waals surface area contributed by atoms with Gasteiger partial charge >= 0.3 is 0 Å². The number of rotatable bonds is 7. The van der Waals surface area contributed by atoms with Crippen molar-refractivity contribution in [2.24, 2.45) is 0 Å². The topological polar surface area (TPSA) is 38.7 Å². The summed E-state index contributed by atoms with van der Waals surface area (Å²) >= 11 is 0. The maximum absolute atomic E-state index is 4.93. The molecule has 0 N–H and O–H groups in total. The Morgan fingerprint density at radius 1 is 0.595 bits per heavy atom. The Hall–Kier alpha value is -4.89. The summed E-state index contributed by atoms with van der Waals surface area (Å²) in [6.07, 6.45) is 5.56. The van der Waals surface area contributed by atoms with Crippen LogP contribution in [-0.2, 0) is 0 Å². The van der Waals surface area contributed by atoms with Gasteiger partial charge in [-0.05, 0) is 47.4 Å². The molecule has 0 unspecified atom stereocenters. The number of allylic oxidation sites excluding steroid dienone is 4. The van der Waals surface area contributed by atoms with E-state index in [1.807, 2.05) is 72.8 Å². The van der Waals surface area contributed by atoms with E-state index in [9.17, 15) is 0 Å². The zero-order chi connectivity index (χ0) is 25.6. The van der Waals surface area contributed by atoms with Crippen LogP contribution in [0, 0.1) is 6.92 Å². The molecule has 0 aliphatic carbocycles. The molecule has 0 amide bonds. The summed E-state index contributed by atoms with van der Waals surface area (Å²) in [5.41, 5.74) is 8.11. The molecule has 37 heavy (non-hydrogen) atoms. The van der Waals surface area contributed by atoms with Gasteiger partial charge in [0.15, 0.2) is 17.5 Å². The maximum Gasteiger partial charge on any atom is 0.164 e. The second kappa shape index (κ2) is 10.8. The first-order chi connectivity index (χ1) is 18.1. The third kappa shape index (κ3) is 5.52. The van der Waals surface area contributed by atoms with Gasteiger partial charge in [-0.15, -0.1) is 0 Å². The fourth-order valence-corrected chi connectivity index (χ4v) is 4.15. The standard InChI is InChI=1S/C34H27N3/c1-4-5-13-25(3)27-16-10-19-30(22-27)33-35-32(29-18-9-12-24(2)21-29)36-34(37-33)31-20-11-17-28(23-31)26-14-7-6-8-15-26/h4-23H,1,3H2,2H3/b13-5-. The minimum atomic E-state index is 0.619. The van der Waals surface area contributed by atoms with E-state index in [0.717, 1.165) is 44.5 Å². The van der Waals surface area contributed by atoms with Crippen LogP contribution < -0.4 is 0 Å². The minimum absolute atomic E-state index is 0.619. The Morgan fingerprint density at radius 3 is 1.78 bits per heavy atom. The van der Waals surface area contributed by atoms with Gasteiger partial charge < -0.3 is 0 Å². The first kappa shape index (κ1) is 23.8. The molecular weight excluding hydrogens is 450 g/mol. The van der Waals surface area contributed by atoms with Crippen LogP contribution in [0.1, 0.15) is 11.1 Å². The highest BCUT2D eigenvalue weighted by atomic mass is 15.0. The first-order valence-corrected chi connectivity index (χ1v) is 12.2. The third-order valence-corrected chi connectivity index (χ3v) is 6.06. The molecule has 0 saturated carbocycles. The molecule has 0 aliphatic heterocycles. The van der Waals surface area contributed by atoms with Crippen molar-refractivity contribution in [3.8, 4) is 45.3 Å². The molecule has 3 heteroatoms. The molecule has 0 radical (unpaired) electrons. The van der Waals surface area contributed by atoms with Crippen LogP contribution in [0.4, 0.5) is 0 Å². The van der Waals surface area contributed by atoms with Crippen LogP contribution in [-0.4, -0.2) is 15.0 Å². The van der Waals surface area contributed by atoms with Crippen molar-refractivity contribution in [2.45, 2.75) is 6.92 Å². The summed E-state index contributed by atoms with van der Waals surface area (Å²) in [5, 5.41) is 0. The molecule has 0 atom stereocenters. The van der Waals surface area contributed by atoms with Gasteiger partial charge in [0, 0.05) is 16.7 Å². The van der Waals surface area contributed by atoms with E-state index >= 15 is 0 Å². The predicted octanol–water partition coefficient (Wildman–Crippen LogP) is 8.60. The number of aryl methyl sites for hydroxylation is 1. The monoisotopic (exact) mass is 477 g/mol. The van der Waals surface area contributed by atoms with Gasteiger partial charge in [-0.3, -0.25) is 0 Å². The van der Waals surface area contributed by atoms with Gasteiger partial charge in [0.1, 0.15) is 0 Å². The van der Waals surface area contributed by atoms with E-state index in [1.165, 1.54) is 0 Å². The maximum atomic E-state index is 4.93. The summed E-state index contributed by atoms with van der Waals surface area (Å²) in [4.78, 5) is 14.7. The van der Waals surface area contributed by atoms with Crippen molar-refractivity contribution < 1.29 is 0 Å². The fourth-order valence-electron chi connectivity index (χ4n) is 4.15. The van der Waals surface area contributed by atoms with E-state index in [0.29, 0.717) is 17.5 Å². The highest BCUT2D eigenvalue weighted by Crippen LogP contribution is 2.29. The third-order valence-electron chi connectivity index (χ3n) is 6.06. The molecule has 4 aromatic carbocycles. The zero-order valence-corrected chi connectivity index (χ0v) is 20.8. The first-order valence-electron chi connectivity index (χ1n) is 12.2. The highest BCUT2D eigenvalue weighted by molar-refractivity contribution is 5.77. The van der Waals surface area contributed by atoms with Gasteiger partial charge in [0.05, 0.1) is 0 Å². The Bertz CT molecular complexity index is 1610. The molecule has 5 rings (SSSR count). The largest absolute Gasteiger partial charge is 0.208 e. The van der Waals surface area contributed by atoms with Crippen LogP contribution >= 0.6 is 0 Å². The number of aromatic nitrogens is 3. The Morgan fingerprint density at radius 2 is 1.14 bits per heavy atom. The predicted molar refractivity (Wildman–Crippen MR) is 155 cm³/mol. The fraction of sp³-hybridized carbons (Fsp3) is 0.0294. The average Bonchev–Trinajstić information content (AvgIpc) is 2.96.